The monoisotopic (exact) mass is 391 g/mol. The lowest BCUT2D eigenvalue weighted by molar-refractivity contribution is 0.0472. The van der Waals surface area contributed by atoms with Crippen LogP contribution in [0.4, 0.5) is 0 Å². The van der Waals surface area contributed by atoms with Crippen LogP contribution < -0.4 is 10.6 Å². The average molecular weight is 391 g/mol. The summed E-state index contributed by atoms with van der Waals surface area (Å²) in [5.74, 6) is 0.331. The Morgan fingerprint density at radius 1 is 1.03 bits per heavy atom. The van der Waals surface area contributed by atoms with Gasteiger partial charge in [0.2, 0.25) is 0 Å². The largest absolute Gasteiger partial charge is 0.457 e. The molecule has 2 N–H and O–H groups in total. The molecule has 0 unspecified atom stereocenters. The number of guanidine groups is 1. The molecule has 0 atom stereocenters. The highest BCUT2D eigenvalue weighted by molar-refractivity contribution is 5.89. The Labute approximate surface area is 170 Å². The SMILES string of the molecule is CN=C(NCc1cccc(C(=O)OCc2ccccc2)c1)NCc1ccnn1C. The van der Waals surface area contributed by atoms with Gasteiger partial charge in [-0.15, -0.1) is 0 Å². The molecule has 29 heavy (non-hydrogen) atoms. The fourth-order valence-electron chi connectivity index (χ4n) is 2.77. The maximum atomic E-state index is 12.3. The van der Waals surface area contributed by atoms with Gasteiger partial charge in [0, 0.05) is 26.8 Å². The maximum absolute atomic E-state index is 12.3. The van der Waals surface area contributed by atoms with Crippen LogP contribution in [0.25, 0.3) is 0 Å². The smallest absolute Gasteiger partial charge is 0.338 e. The van der Waals surface area contributed by atoms with Gasteiger partial charge < -0.3 is 15.4 Å². The maximum Gasteiger partial charge on any atom is 0.338 e. The lowest BCUT2D eigenvalue weighted by atomic mass is 10.1. The fourth-order valence-corrected chi connectivity index (χ4v) is 2.77. The number of carbonyl (C=O) groups excluding carboxylic acids is 1. The second-order valence-corrected chi connectivity index (χ2v) is 6.49. The number of hydrogen-bond donors (Lipinski definition) is 2. The lowest BCUT2D eigenvalue weighted by Gasteiger charge is -2.12. The molecule has 150 valence electrons. The topological polar surface area (TPSA) is 80.5 Å². The Morgan fingerprint density at radius 3 is 2.52 bits per heavy atom. The second kappa shape index (κ2) is 10.1. The summed E-state index contributed by atoms with van der Waals surface area (Å²) >= 11 is 0. The molecule has 7 nitrogen and oxygen atoms in total. The van der Waals surface area contributed by atoms with Gasteiger partial charge in [-0.3, -0.25) is 9.67 Å². The molecular formula is C22H25N5O2. The van der Waals surface area contributed by atoms with Crippen molar-refractivity contribution in [3.63, 3.8) is 0 Å². The first-order valence-corrected chi connectivity index (χ1v) is 9.37. The summed E-state index contributed by atoms with van der Waals surface area (Å²) in [5, 5.41) is 10.6. The molecule has 0 aliphatic carbocycles. The van der Waals surface area contributed by atoms with E-state index >= 15 is 0 Å². The van der Waals surface area contributed by atoms with E-state index in [0.29, 0.717) is 24.6 Å². The Kier molecular flexibility index (Phi) is 7.00. The first kappa shape index (κ1) is 20.1. The lowest BCUT2D eigenvalue weighted by Crippen LogP contribution is -2.36. The van der Waals surface area contributed by atoms with Crippen molar-refractivity contribution in [2.45, 2.75) is 19.7 Å². The number of esters is 1. The van der Waals surface area contributed by atoms with Crippen LogP contribution in [-0.2, 0) is 31.5 Å². The molecule has 3 rings (SSSR count). The molecule has 0 amide bonds. The van der Waals surface area contributed by atoms with Crippen LogP contribution in [0, 0.1) is 0 Å². The number of nitrogens with zero attached hydrogens (tertiary/aromatic N) is 3. The molecule has 0 radical (unpaired) electrons. The van der Waals surface area contributed by atoms with E-state index in [1.54, 1.807) is 19.3 Å². The molecule has 2 aromatic carbocycles. The van der Waals surface area contributed by atoms with E-state index in [2.05, 4.69) is 20.7 Å². The number of benzene rings is 2. The van der Waals surface area contributed by atoms with Crippen molar-refractivity contribution in [1.82, 2.24) is 20.4 Å². The van der Waals surface area contributed by atoms with E-state index in [1.165, 1.54) is 0 Å². The highest BCUT2D eigenvalue weighted by atomic mass is 16.5. The van der Waals surface area contributed by atoms with Crippen LogP contribution in [0.5, 0.6) is 0 Å². The van der Waals surface area contributed by atoms with Crippen molar-refractivity contribution in [3.8, 4) is 0 Å². The number of aryl methyl sites for hydroxylation is 1. The summed E-state index contributed by atoms with van der Waals surface area (Å²) < 4.78 is 7.21. The second-order valence-electron chi connectivity index (χ2n) is 6.49. The van der Waals surface area contributed by atoms with Crippen molar-refractivity contribution in [2.24, 2.45) is 12.0 Å². The number of aliphatic imine (C=N–C) groups is 1. The Hall–Kier alpha value is -3.61. The van der Waals surface area contributed by atoms with Crippen LogP contribution in [0.3, 0.4) is 0 Å². The predicted octanol–water partition coefficient (Wildman–Crippen LogP) is 2.64. The fraction of sp³-hybridized carbons (Fsp3) is 0.227. The molecule has 0 aliphatic heterocycles. The van der Waals surface area contributed by atoms with Gasteiger partial charge in [-0.25, -0.2) is 4.79 Å². The Bertz CT molecular complexity index is 966. The highest BCUT2D eigenvalue weighted by Crippen LogP contribution is 2.09. The molecule has 1 aromatic heterocycles. The third kappa shape index (κ3) is 5.93. The van der Waals surface area contributed by atoms with Crippen molar-refractivity contribution in [1.29, 1.82) is 0 Å². The zero-order valence-electron chi connectivity index (χ0n) is 16.6. The number of nitrogens with one attached hydrogen (secondary N) is 2. The molecular weight excluding hydrogens is 366 g/mol. The molecule has 0 spiro atoms. The summed E-state index contributed by atoms with van der Waals surface area (Å²) in [7, 11) is 3.62. The molecule has 0 aliphatic rings. The third-order valence-electron chi connectivity index (χ3n) is 4.42. The predicted molar refractivity (Wildman–Crippen MR) is 112 cm³/mol. The van der Waals surface area contributed by atoms with Gasteiger partial charge in [0.05, 0.1) is 17.8 Å². The van der Waals surface area contributed by atoms with Gasteiger partial charge in [-0.05, 0) is 29.3 Å². The molecule has 1 heterocycles. The number of aromatic nitrogens is 2. The quantitative estimate of drug-likeness (QED) is 0.368. The Morgan fingerprint density at radius 2 is 1.79 bits per heavy atom. The molecule has 0 bridgehead atoms. The summed E-state index contributed by atoms with van der Waals surface area (Å²) in [6.45, 7) is 1.40. The summed E-state index contributed by atoms with van der Waals surface area (Å²) in [4.78, 5) is 16.6. The standard InChI is InChI=1S/C22H25N5O2/c1-23-22(25-15-20-11-12-26-27(20)2)24-14-18-9-6-10-19(13-18)21(28)29-16-17-7-4-3-5-8-17/h3-13H,14-16H2,1-2H3,(H2,23,24,25). The first-order chi connectivity index (χ1) is 14.2. The van der Waals surface area contributed by atoms with E-state index in [4.69, 9.17) is 4.74 Å². The third-order valence-corrected chi connectivity index (χ3v) is 4.42. The summed E-state index contributed by atoms with van der Waals surface area (Å²) in [6.07, 6.45) is 1.76. The van der Waals surface area contributed by atoms with Crippen LogP contribution in [0.15, 0.2) is 71.9 Å². The summed E-state index contributed by atoms with van der Waals surface area (Å²) in [6, 6.07) is 19.0. The minimum absolute atomic E-state index is 0.257. The molecule has 7 heteroatoms. The molecule has 0 saturated carbocycles. The van der Waals surface area contributed by atoms with Gasteiger partial charge in [0.25, 0.3) is 0 Å². The number of ether oxygens (including phenoxy) is 1. The van der Waals surface area contributed by atoms with E-state index in [-0.39, 0.29) is 12.6 Å². The molecule has 0 saturated heterocycles. The number of rotatable bonds is 7. The molecule has 0 fully saturated rings. The number of hydrogen-bond acceptors (Lipinski definition) is 4. The van der Waals surface area contributed by atoms with Gasteiger partial charge in [0.1, 0.15) is 6.61 Å². The van der Waals surface area contributed by atoms with E-state index in [9.17, 15) is 4.79 Å². The minimum Gasteiger partial charge on any atom is -0.457 e. The van der Waals surface area contributed by atoms with Crippen LogP contribution >= 0.6 is 0 Å². The zero-order valence-corrected chi connectivity index (χ0v) is 16.6. The van der Waals surface area contributed by atoms with Crippen LogP contribution in [0.2, 0.25) is 0 Å². The van der Waals surface area contributed by atoms with Crippen molar-refractivity contribution < 1.29 is 9.53 Å². The normalized spacial score (nSPS) is 11.2. The van der Waals surface area contributed by atoms with Gasteiger partial charge in [-0.1, -0.05) is 42.5 Å². The van der Waals surface area contributed by atoms with Crippen molar-refractivity contribution in [2.75, 3.05) is 7.05 Å². The average Bonchev–Trinajstić information content (AvgIpc) is 3.18. The van der Waals surface area contributed by atoms with Gasteiger partial charge in [0.15, 0.2) is 5.96 Å². The Balaban J connectivity index is 1.52. The minimum atomic E-state index is -0.339. The molecule has 3 aromatic rings. The highest BCUT2D eigenvalue weighted by Gasteiger charge is 2.09. The van der Waals surface area contributed by atoms with E-state index in [1.807, 2.05) is 66.3 Å². The van der Waals surface area contributed by atoms with Crippen molar-refractivity contribution >= 4 is 11.9 Å². The van der Waals surface area contributed by atoms with Gasteiger partial charge in [-0.2, -0.15) is 5.10 Å². The zero-order chi connectivity index (χ0) is 20.5. The van der Waals surface area contributed by atoms with Crippen molar-refractivity contribution in [3.05, 3.63) is 89.2 Å². The first-order valence-electron chi connectivity index (χ1n) is 9.37. The van der Waals surface area contributed by atoms with Crippen LogP contribution in [-0.4, -0.2) is 28.8 Å². The van der Waals surface area contributed by atoms with E-state index in [0.717, 1.165) is 16.8 Å². The summed E-state index contributed by atoms with van der Waals surface area (Å²) in [5.41, 5.74) is 3.50. The van der Waals surface area contributed by atoms with E-state index < -0.39 is 0 Å². The van der Waals surface area contributed by atoms with Crippen LogP contribution in [0.1, 0.15) is 27.2 Å². The number of carbonyl (C=O) groups is 1. The van der Waals surface area contributed by atoms with Gasteiger partial charge >= 0.3 is 5.97 Å².